The molecule has 0 fully saturated rings. The van der Waals surface area contributed by atoms with Gasteiger partial charge in [-0.25, -0.2) is 13.2 Å². The SMILES string of the molecule is CCOC(=O)c1c(C)c(S(=O)(=O)Nc2c(Cl)cc(OC)cc2OC)c(C)n1C. The average molecular weight is 431 g/mol. The van der Waals surface area contributed by atoms with Crippen LogP contribution in [0.15, 0.2) is 17.0 Å². The fourth-order valence-electron chi connectivity index (χ4n) is 2.96. The van der Waals surface area contributed by atoms with Gasteiger partial charge in [-0.1, -0.05) is 11.6 Å². The number of anilines is 1. The zero-order valence-electron chi connectivity index (χ0n) is 16.5. The van der Waals surface area contributed by atoms with Crippen LogP contribution in [0.3, 0.4) is 0 Å². The first kappa shape index (κ1) is 21.9. The summed E-state index contributed by atoms with van der Waals surface area (Å²) in [5.41, 5.74) is 0.920. The van der Waals surface area contributed by atoms with Crippen molar-refractivity contribution in [2.24, 2.45) is 7.05 Å². The number of halogens is 1. The molecule has 0 radical (unpaired) electrons. The van der Waals surface area contributed by atoms with Gasteiger partial charge in [-0.15, -0.1) is 0 Å². The molecule has 1 aromatic heterocycles. The molecule has 0 spiro atoms. The zero-order valence-corrected chi connectivity index (χ0v) is 18.1. The van der Waals surface area contributed by atoms with Gasteiger partial charge in [-0.05, 0) is 20.8 Å². The number of nitrogens with one attached hydrogen (secondary N) is 1. The summed E-state index contributed by atoms with van der Waals surface area (Å²) in [6.07, 6.45) is 0. The fraction of sp³-hybridized carbons (Fsp3) is 0.389. The Morgan fingerprint density at radius 1 is 1.21 bits per heavy atom. The molecule has 0 aliphatic rings. The van der Waals surface area contributed by atoms with Gasteiger partial charge in [-0.2, -0.15) is 0 Å². The number of hydrogen-bond donors (Lipinski definition) is 1. The molecule has 0 aliphatic carbocycles. The van der Waals surface area contributed by atoms with Gasteiger partial charge < -0.3 is 18.8 Å². The summed E-state index contributed by atoms with van der Waals surface area (Å²) in [4.78, 5) is 12.2. The molecule has 0 saturated carbocycles. The van der Waals surface area contributed by atoms with E-state index in [1.54, 1.807) is 27.8 Å². The maximum atomic E-state index is 13.1. The van der Waals surface area contributed by atoms with Crippen LogP contribution in [0.5, 0.6) is 11.5 Å². The third kappa shape index (κ3) is 3.90. The average Bonchev–Trinajstić information content (AvgIpc) is 2.86. The number of carbonyl (C=O) groups is 1. The Labute approximate surface area is 169 Å². The van der Waals surface area contributed by atoms with Gasteiger partial charge in [0.2, 0.25) is 0 Å². The van der Waals surface area contributed by atoms with Gasteiger partial charge in [-0.3, -0.25) is 4.72 Å². The second-order valence-corrected chi connectivity index (χ2v) is 7.99. The summed E-state index contributed by atoms with van der Waals surface area (Å²) >= 11 is 6.23. The van der Waals surface area contributed by atoms with Crippen molar-refractivity contribution in [1.82, 2.24) is 4.57 Å². The second kappa shape index (κ2) is 8.32. The Balaban J connectivity index is 2.59. The van der Waals surface area contributed by atoms with E-state index in [0.717, 1.165) is 0 Å². The Morgan fingerprint density at radius 2 is 1.86 bits per heavy atom. The molecule has 2 aromatic rings. The lowest BCUT2D eigenvalue weighted by Crippen LogP contribution is -2.16. The molecule has 0 saturated heterocycles. The molecule has 0 atom stereocenters. The van der Waals surface area contributed by atoms with Gasteiger partial charge in [0.25, 0.3) is 10.0 Å². The summed E-state index contributed by atoms with van der Waals surface area (Å²) in [6.45, 7) is 5.03. The van der Waals surface area contributed by atoms with Crippen molar-refractivity contribution in [3.8, 4) is 11.5 Å². The van der Waals surface area contributed by atoms with E-state index in [1.165, 1.54) is 30.9 Å². The number of sulfonamides is 1. The van der Waals surface area contributed by atoms with Crippen molar-refractivity contribution >= 4 is 33.3 Å². The number of methoxy groups -OCH3 is 2. The third-order valence-corrected chi connectivity index (χ3v) is 6.23. The monoisotopic (exact) mass is 430 g/mol. The van der Waals surface area contributed by atoms with Crippen LogP contribution in [-0.2, 0) is 21.8 Å². The van der Waals surface area contributed by atoms with Crippen LogP contribution in [-0.4, -0.2) is 39.8 Å². The van der Waals surface area contributed by atoms with E-state index >= 15 is 0 Å². The molecule has 0 amide bonds. The number of benzene rings is 1. The van der Waals surface area contributed by atoms with Crippen LogP contribution in [0.2, 0.25) is 5.02 Å². The van der Waals surface area contributed by atoms with Crippen molar-refractivity contribution in [1.29, 1.82) is 0 Å². The van der Waals surface area contributed by atoms with E-state index < -0.39 is 16.0 Å². The molecule has 28 heavy (non-hydrogen) atoms. The molecule has 10 heteroatoms. The highest BCUT2D eigenvalue weighted by atomic mass is 35.5. The van der Waals surface area contributed by atoms with Crippen molar-refractivity contribution < 1.29 is 27.4 Å². The lowest BCUT2D eigenvalue weighted by molar-refractivity contribution is 0.0514. The van der Waals surface area contributed by atoms with Crippen molar-refractivity contribution in [3.05, 3.63) is 34.1 Å². The Morgan fingerprint density at radius 3 is 2.39 bits per heavy atom. The number of carbonyl (C=O) groups excluding carboxylic acids is 1. The first-order chi connectivity index (χ1) is 13.1. The quantitative estimate of drug-likeness (QED) is 0.677. The number of hydrogen-bond acceptors (Lipinski definition) is 6. The molecule has 0 aliphatic heterocycles. The largest absolute Gasteiger partial charge is 0.497 e. The number of ether oxygens (including phenoxy) is 3. The van der Waals surface area contributed by atoms with Gasteiger partial charge in [0, 0.05) is 30.4 Å². The second-order valence-electron chi connectivity index (χ2n) is 5.96. The van der Waals surface area contributed by atoms with Gasteiger partial charge >= 0.3 is 5.97 Å². The number of nitrogens with zero attached hydrogens (tertiary/aromatic N) is 1. The summed E-state index contributed by atoms with van der Waals surface area (Å²) in [7, 11) is 0.373. The molecule has 1 heterocycles. The summed E-state index contributed by atoms with van der Waals surface area (Å²) < 4.78 is 45.6. The molecule has 8 nitrogen and oxygen atoms in total. The van der Waals surface area contributed by atoms with Crippen LogP contribution < -0.4 is 14.2 Å². The maximum Gasteiger partial charge on any atom is 0.355 e. The summed E-state index contributed by atoms with van der Waals surface area (Å²) in [5, 5.41) is 0.108. The molecule has 1 aromatic carbocycles. The fourth-order valence-corrected chi connectivity index (χ4v) is 4.87. The lowest BCUT2D eigenvalue weighted by Gasteiger charge is -2.15. The van der Waals surface area contributed by atoms with E-state index in [2.05, 4.69) is 4.72 Å². The summed E-state index contributed by atoms with van der Waals surface area (Å²) in [5.74, 6) is 0.0263. The van der Waals surface area contributed by atoms with E-state index in [9.17, 15) is 13.2 Å². The Kier molecular flexibility index (Phi) is 6.51. The van der Waals surface area contributed by atoms with Crippen LogP contribution in [0, 0.1) is 13.8 Å². The molecule has 0 unspecified atom stereocenters. The predicted molar refractivity (Wildman–Crippen MR) is 106 cm³/mol. The number of esters is 1. The van der Waals surface area contributed by atoms with E-state index in [0.29, 0.717) is 11.4 Å². The third-order valence-electron chi connectivity index (χ3n) is 4.32. The molecule has 2 rings (SSSR count). The lowest BCUT2D eigenvalue weighted by atomic mass is 10.2. The maximum absolute atomic E-state index is 13.1. The normalized spacial score (nSPS) is 11.2. The van der Waals surface area contributed by atoms with Crippen LogP contribution in [0.25, 0.3) is 0 Å². The van der Waals surface area contributed by atoms with Crippen LogP contribution in [0.4, 0.5) is 5.69 Å². The Hall–Kier alpha value is -2.39. The first-order valence-corrected chi connectivity index (χ1v) is 10.2. The minimum Gasteiger partial charge on any atom is -0.497 e. The minimum absolute atomic E-state index is 0.0213. The van der Waals surface area contributed by atoms with Gasteiger partial charge in [0.1, 0.15) is 27.8 Å². The van der Waals surface area contributed by atoms with Crippen molar-refractivity contribution in [2.45, 2.75) is 25.7 Å². The highest BCUT2D eigenvalue weighted by molar-refractivity contribution is 7.92. The number of aromatic nitrogens is 1. The molecule has 1 N–H and O–H groups in total. The smallest absolute Gasteiger partial charge is 0.355 e. The van der Waals surface area contributed by atoms with E-state index in [1.807, 2.05) is 0 Å². The Bertz CT molecular complexity index is 1010. The standard InChI is InChI=1S/C18H23ClN2O6S/c1-7-27-18(22)16-10(2)17(11(3)21(16)4)28(23,24)20-15-13(19)8-12(25-5)9-14(15)26-6/h8-9,20H,7H2,1-6H3. The van der Waals surface area contributed by atoms with Crippen LogP contribution in [0.1, 0.15) is 28.7 Å². The molecule has 0 bridgehead atoms. The molecule has 154 valence electrons. The first-order valence-electron chi connectivity index (χ1n) is 8.36. The zero-order chi connectivity index (χ0) is 21.2. The van der Waals surface area contributed by atoms with Crippen molar-refractivity contribution in [3.63, 3.8) is 0 Å². The highest BCUT2D eigenvalue weighted by Gasteiger charge is 2.30. The van der Waals surface area contributed by atoms with Gasteiger partial charge in [0.15, 0.2) is 0 Å². The van der Waals surface area contributed by atoms with E-state index in [4.69, 9.17) is 25.8 Å². The summed E-state index contributed by atoms with van der Waals surface area (Å²) in [6, 6.07) is 2.98. The number of rotatable bonds is 7. The highest BCUT2D eigenvalue weighted by Crippen LogP contribution is 2.39. The van der Waals surface area contributed by atoms with Crippen LogP contribution >= 0.6 is 11.6 Å². The van der Waals surface area contributed by atoms with E-state index in [-0.39, 0.29) is 39.2 Å². The molecular formula is C18H23ClN2O6S. The van der Waals surface area contributed by atoms with Crippen molar-refractivity contribution in [2.75, 3.05) is 25.5 Å². The topological polar surface area (TPSA) is 95.9 Å². The minimum atomic E-state index is -4.08. The van der Waals surface area contributed by atoms with Gasteiger partial charge in [0.05, 0.1) is 25.8 Å². The predicted octanol–water partition coefficient (Wildman–Crippen LogP) is 3.29. The molecular weight excluding hydrogens is 408 g/mol.